The van der Waals surface area contributed by atoms with E-state index >= 15 is 0 Å². The molecule has 4 aromatic rings. The molecule has 0 spiro atoms. The van der Waals surface area contributed by atoms with Crippen LogP contribution in [-0.2, 0) is 32.6 Å². The first-order chi connectivity index (χ1) is 22.1. The second-order valence-electron chi connectivity index (χ2n) is 11.9. The normalized spacial score (nSPS) is 14.1. The van der Waals surface area contributed by atoms with Crippen LogP contribution in [0.3, 0.4) is 0 Å². The van der Waals surface area contributed by atoms with Crippen LogP contribution in [-0.4, -0.2) is 43.8 Å². The van der Waals surface area contributed by atoms with Gasteiger partial charge in [-0.15, -0.1) is 0 Å². The van der Waals surface area contributed by atoms with Gasteiger partial charge in [-0.3, -0.25) is 13.9 Å². The van der Waals surface area contributed by atoms with Gasteiger partial charge in [0, 0.05) is 24.0 Å². The Hall–Kier alpha value is -4.14. The molecule has 2 amide bonds. The van der Waals surface area contributed by atoms with Crippen molar-refractivity contribution in [2.24, 2.45) is 0 Å². The van der Waals surface area contributed by atoms with Gasteiger partial charge in [-0.1, -0.05) is 96.7 Å². The Kier molecular flexibility index (Phi) is 10.8. The number of nitrogens with one attached hydrogen (secondary N) is 1. The molecule has 4 aromatic carbocycles. The number of sulfonamides is 1. The van der Waals surface area contributed by atoms with Crippen molar-refractivity contribution in [3.05, 3.63) is 130 Å². The largest absolute Gasteiger partial charge is 0.352 e. The van der Waals surface area contributed by atoms with E-state index in [1.807, 2.05) is 80.6 Å². The minimum absolute atomic E-state index is 0.00976. The lowest BCUT2D eigenvalue weighted by molar-refractivity contribution is -0.140. The number of carbonyl (C=O) groups is 2. The maximum Gasteiger partial charge on any atom is 0.264 e. The zero-order chi connectivity index (χ0) is 32.7. The molecular formula is C37H40ClN3O4S. The number of hydrogen-bond acceptors (Lipinski definition) is 4. The number of amides is 2. The number of anilines is 1. The zero-order valence-electron chi connectivity index (χ0n) is 26.2. The molecule has 1 N–H and O–H groups in total. The van der Waals surface area contributed by atoms with E-state index in [-0.39, 0.29) is 29.8 Å². The number of benzene rings is 4. The number of carbonyl (C=O) groups excluding carboxylic acids is 2. The van der Waals surface area contributed by atoms with E-state index in [1.54, 1.807) is 17.0 Å². The fraction of sp³-hybridized carbons (Fsp3) is 0.297. The average Bonchev–Trinajstić information content (AvgIpc) is 3.56. The smallest absolute Gasteiger partial charge is 0.264 e. The summed E-state index contributed by atoms with van der Waals surface area (Å²) >= 11 is 6.08. The Morgan fingerprint density at radius 3 is 2.13 bits per heavy atom. The molecule has 1 saturated carbocycles. The molecule has 46 heavy (non-hydrogen) atoms. The summed E-state index contributed by atoms with van der Waals surface area (Å²) in [6.07, 6.45) is 4.18. The molecule has 0 bridgehead atoms. The fourth-order valence-electron chi connectivity index (χ4n) is 5.87. The molecule has 0 unspecified atom stereocenters. The average molecular weight is 658 g/mol. The lowest BCUT2D eigenvalue weighted by Gasteiger charge is -2.34. The Bertz CT molecular complexity index is 1740. The fourth-order valence-corrected chi connectivity index (χ4v) is 7.41. The van der Waals surface area contributed by atoms with Crippen molar-refractivity contribution >= 4 is 39.1 Å². The van der Waals surface area contributed by atoms with Crippen molar-refractivity contribution in [3.63, 3.8) is 0 Å². The van der Waals surface area contributed by atoms with Crippen LogP contribution in [0.25, 0.3) is 0 Å². The van der Waals surface area contributed by atoms with Crippen molar-refractivity contribution in [2.45, 2.75) is 69.5 Å². The standard InChI is InChI=1S/C37H40ClN3O4S/c1-27-16-20-33(21-17-27)41(46(44,45)34-22-18-31(38)19-23-34)26-36(42)40(25-30-13-7-6-10-28(30)2)35(24-29-11-4-3-5-12-29)37(43)39-32-14-8-9-15-32/h3-7,10-13,16-23,32,35H,8-9,14-15,24-26H2,1-2H3,(H,39,43)/t35-/m1/s1. The van der Waals surface area contributed by atoms with E-state index in [9.17, 15) is 18.0 Å². The lowest BCUT2D eigenvalue weighted by Crippen LogP contribution is -2.54. The van der Waals surface area contributed by atoms with Crippen LogP contribution in [0.1, 0.15) is 47.9 Å². The molecule has 1 aliphatic rings. The summed E-state index contributed by atoms with van der Waals surface area (Å²) in [5.74, 6) is -0.719. The first kappa shape index (κ1) is 33.2. The highest BCUT2D eigenvalue weighted by Crippen LogP contribution is 2.27. The number of nitrogens with zero attached hydrogens (tertiary/aromatic N) is 2. The SMILES string of the molecule is Cc1ccc(N(CC(=O)N(Cc2ccccc2C)[C@H](Cc2ccccc2)C(=O)NC2CCCC2)S(=O)(=O)c2ccc(Cl)cc2)cc1. The summed E-state index contributed by atoms with van der Waals surface area (Å²) in [5.41, 5.74) is 4.05. The topological polar surface area (TPSA) is 86.8 Å². The lowest BCUT2D eigenvalue weighted by atomic mass is 10.0. The summed E-state index contributed by atoms with van der Waals surface area (Å²) in [7, 11) is -4.19. The van der Waals surface area contributed by atoms with E-state index in [0.717, 1.165) is 52.2 Å². The minimum atomic E-state index is -4.19. The van der Waals surface area contributed by atoms with Crippen molar-refractivity contribution in [1.29, 1.82) is 0 Å². The maximum atomic E-state index is 14.6. The molecule has 0 radical (unpaired) electrons. The summed E-state index contributed by atoms with van der Waals surface area (Å²) in [6.45, 7) is 3.52. The maximum absolute atomic E-state index is 14.6. The van der Waals surface area contributed by atoms with Crippen molar-refractivity contribution < 1.29 is 18.0 Å². The molecule has 5 rings (SSSR count). The van der Waals surface area contributed by atoms with E-state index < -0.39 is 28.5 Å². The zero-order valence-corrected chi connectivity index (χ0v) is 27.8. The predicted octanol–water partition coefficient (Wildman–Crippen LogP) is 6.85. The molecule has 240 valence electrons. The van der Waals surface area contributed by atoms with Gasteiger partial charge in [0.1, 0.15) is 12.6 Å². The van der Waals surface area contributed by atoms with E-state index in [4.69, 9.17) is 11.6 Å². The summed E-state index contributed by atoms with van der Waals surface area (Å²) < 4.78 is 29.4. The third kappa shape index (κ3) is 8.17. The van der Waals surface area contributed by atoms with Gasteiger partial charge in [-0.05, 0) is 79.8 Å². The third-order valence-corrected chi connectivity index (χ3v) is 10.6. The van der Waals surface area contributed by atoms with Crippen molar-refractivity contribution in [2.75, 3.05) is 10.8 Å². The molecule has 0 aliphatic heterocycles. The second kappa shape index (κ2) is 15.0. The highest BCUT2D eigenvalue weighted by molar-refractivity contribution is 7.92. The first-order valence-electron chi connectivity index (χ1n) is 15.6. The van der Waals surface area contributed by atoms with Crippen LogP contribution in [0.2, 0.25) is 5.02 Å². The third-order valence-electron chi connectivity index (χ3n) is 8.58. The highest BCUT2D eigenvalue weighted by Gasteiger charge is 2.35. The molecule has 1 aliphatic carbocycles. The van der Waals surface area contributed by atoms with E-state index in [2.05, 4.69) is 5.32 Å². The highest BCUT2D eigenvalue weighted by atomic mass is 35.5. The molecular weight excluding hydrogens is 618 g/mol. The van der Waals surface area contributed by atoms with Crippen molar-refractivity contribution in [3.8, 4) is 0 Å². The number of rotatable bonds is 12. The van der Waals surface area contributed by atoms with Crippen LogP contribution >= 0.6 is 11.6 Å². The Morgan fingerprint density at radius 1 is 0.848 bits per heavy atom. The van der Waals surface area contributed by atoms with Crippen molar-refractivity contribution in [1.82, 2.24) is 10.2 Å². The molecule has 1 fully saturated rings. The predicted molar refractivity (Wildman–Crippen MR) is 183 cm³/mol. The van der Waals surface area contributed by atoms with Gasteiger partial charge in [0.2, 0.25) is 11.8 Å². The summed E-state index contributed by atoms with van der Waals surface area (Å²) in [5, 5.41) is 3.61. The monoisotopic (exact) mass is 657 g/mol. The van der Waals surface area contributed by atoms with Gasteiger partial charge in [-0.25, -0.2) is 8.42 Å². The molecule has 9 heteroatoms. The number of halogens is 1. The molecule has 1 atom stereocenters. The van der Waals surface area contributed by atoms with Crippen LogP contribution in [0, 0.1) is 13.8 Å². The van der Waals surface area contributed by atoms with Crippen LogP contribution in [0.15, 0.2) is 108 Å². The molecule has 0 aromatic heterocycles. The van der Waals surface area contributed by atoms with Gasteiger partial charge in [-0.2, -0.15) is 0 Å². The molecule has 7 nitrogen and oxygen atoms in total. The van der Waals surface area contributed by atoms with Crippen LogP contribution in [0.4, 0.5) is 5.69 Å². The van der Waals surface area contributed by atoms with E-state index in [0.29, 0.717) is 10.7 Å². The van der Waals surface area contributed by atoms with Gasteiger partial charge in [0.05, 0.1) is 10.6 Å². The number of aryl methyl sites for hydroxylation is 2. The van der Waals surface area contributed by atoms with Gasteiger partial charge in [0.15, 0.2) is 0 Å². The van der Waals surface area contributed by atoms with Gasteiger partial charge < -0.3 is 10.2 Å². The number of hydrogen-bond donors (Lipinski definition) is 1. The van der Waals surface area contributed by atoms with Crippen LogP contribution in [0.5, 0.6) is 0 Å². The second-order valence-corrected chi connectivity index (χ2v) is 14.2. The Morgan fingerprint density at radius 2 is 1.48 bits per heavy atom. The van der Waals surface area contributed by atoms with Gasteiger partial charge >= 0.3 is 0 Å². The molecule has 0 heterocycles. The summed E-state index contributed by atoms with van der Waals surface area (Å²) in [6, 6.07) is 29.4. The minimum Gasteiger partial charge on any atom is -0.352 e. The quantitative estimate of drug-likeness (QED) is 0.181. The van der Waals surface area contributed by atoms with E-state index in [1.165, 1.54) is 24.3 Å². The first-order valence-corrected chi connectivity index (χ1v) is 17.5. The Labute approximate surface area is 277 Å². The summed E-state index contributed by atoms with van der Waals surface area (Å²) in [4.78, 5) is 30.3. The Balaban J connectivity index is 1.57. The van der Waals surface area contributed by atoms with Gasteiger partial charge in [0.25, 0.3) is 10.0 Å². The van der Waals surface area contributed by atoms with Crippen LogP contribution < -0.4 is 9.62 Å². The molecule has 0 saturated heterocycles.